The lowest BCUT2D eigenvalue weighted by atomic mass is 9.64. The molecule has 0 bridgehead atoms. The Morgan fingerprint density at radius 1 is 1.35 bits per heavy atom. The summed E-state index contributed by atoms with van der Waals surface area (Å²) < 4.78 is 39.0. The third kappa shape index (κ3) is 3.91. The molecular formula is C18H20F3N3OS. The minimum atomic E-state index is -4.37. The number of amides is 1. The van der Waals surface area contributed by atoms with Crippen LogP contribution < -0.4 is 11.1 Å². The number of hydrogen-bond acceptors (Lipinski definition) is 4. The van der Waals surface area contributed by atoms with E-state index in [-0.39, 0.29) is 5.91 Å². The minimum absolute atomic E-state index is 0.302. The monoisotopic (exact) mass is 383 g/mol. The van der Waals surface area contributed by atoms with Crippen LogP contribution in [0.5, 0.6) is 0 Å². The first-order valence-electron chi connectivity index (χ1n) is 8.44. The Hall–Kier alpha value is -1.93. The second-order valence-electron chi connectivity index (χ2n) is 6.56. The van der Waals surface area contributed by atoms with E-state index < -0.39 is 17.2 Å². The average Bonchev–Trinajstić information content (AvgIpc) is 3.02. The van der Waals surface area contributed by atoms with Crippen LogP contribution in [0.3, 0.4) is 0 Å². The number of rotatable bonds is 6. The topological polar surface area (TPSA) is 68.0 Å². The van der Waals surface area contributed by atoms with Crippen molar-refractivity contribution in [3.05, 3.63) is 51.5 Å². The van der Waals surface area contributed by atoms with Crippen molar-refractivity contribution in [3.63, 3.8) is 0 Å². The normalized spacial score (nSPS) is 16.2. The van der Waals surface area contributed by atoms with E-state index in [2.05, 4.69) is 10.3 Å². The lowest BCUT2D eigenvalue weighted by molar-refractivity contribution is -0.137. The summed E-state index contributed by atoms with van der Waals surface area (Å²) in [6.45, 7) is 0.768. The van der Waals surface area contributed by atoms with Crippen LogP contribution in [0.25, 0.3) is 0 Å². The second kappa shape index (κ2) is 7.36. The van der Waals surface area contributed by atoms with E-state index >= 15 is 0 Å². The van der Waals surface area contributed by atoms with E-state index in [0.29, 0.717) is 30.8 Å². The van der Waals surface area contributed by atoms with Crippen molar-refractivity contribution in [2.24, 2.45) is 5.73 Å². The first-order chi connectivity index (χ1) is 12.3. The van der Waals surface area contributed by atoms with Gasteiger partial charge in [0.2, 0.25) is 0 Å². The summed E-state index contributed by atoms with van der Waals surface area (Å²) in [5.41, 5.74) is 5.35. The van der Waals surface area contributed by atoms with Gasteiger partial charge >= 0.3 is 6.18 Å². The third-order valence-electron chi connectivity index (χ3n) is 4.84. The van der Waals surface area contributed by atoms with Gasteiger partial charge in [-0.15, -0.1) is 11.3 Å². The highest BCUT2D eigenvalue weighted by atomic mass is 32.1. The quantitative estimate of drug-likeness (QED) is 0.802. The number of carbonyl (C=O) groups is 1. The summed E-state index contributed by atoms with van der Waals surface area (Å²) in [5, 5.41) is 5.33. The summed E-state index contributed by atoms with van der Waals surface area (Å²) in [7, 11) is 0. The first-order valence-corrected chi connectivity index (χ1v) is 9.32. The Morgan fingerprint density at radius 3 is 2.73 bits per heavy atom. The SMILES string of the molecule is NCCc1nc(C(=O)NCC2(c3cccc(C(F)(F)F)c3)CCC2)cs1. The summed E-state index contributed by atoms with van der Waals surface area (Å²) in [6.07, 6.45) is -1.31. The molecule has 140 valence electrons. The van der Waals surface area contributed by atoms with Crippen molar-refractivity contribution >= 4 is 17.2 Å². The summed E-state index contributed by atoms with van der Waals surface area (Å²) in [5.74, 6) is -0.303. The molecular weight excluding hydrogens is 363 g/mol. The molecule has 0 atom stereocenters. The molecule has 1 aliphatic carbocycles. The van der Waals surface area contributed by atoms with Crippen LogP contribution in [-0.2, 0) is 18.0 Å². The van der Waals surface area contributed by atoms with Gasteiger partial charge in [0.1, 0.15) is 5.69 Å². The number of hydrogen-bond donors (Lipinski definition) is 2. The molecule has 1 saturated carbocycles. The van der Waals surface area contributed by atoms with Crippen LogP contribution in [0.15, 0.2) is 29.6 Å². The van der Waals surface area contributed by atoms with Crippen LogP contribution in [0.2, 0.25) is 0 Å². The van der Waals surface area contributed by atoms with Crippen molar-refractivity contribution in [2.75, 3.05) is 13.1 Å². The van der Waals surface area contributed by atoms with E-state index in [1.807, 2.05) is 0 Å². The second-order valence-corrected chi connectivity index (χ2v) is 7.50. The van der Waals surface area contributed by atoms with Crippen molar-refractivity contribution < 1.29 is 18.0 Å². The molecule has 1 amide bonds. The fourth-order valence-electron chi connectivity index (χ4n) is 3.19. The number of benzene rings is 1. The fraction of sp³-hybridized carbons (Fsp3) is 0.444. The zero-order valence-corrected chi connectivity index (χ0v) is 14.9. The van der Waals surface area contributed by atoms with Gasteiger partial charge in [-0.2, -0.15) is 13.2 Å². The summed E-state index contributed by atoms with van der Waals surface area (Å²) in [4.78, 5) is 16.6. The molecule has 1 heterocycles. The Morgan fingerprint density at radius 2 is 2.12 bits per heavy atom. The van der Waals surface area contributed by atoms with E-state index in [4.69, 9.17) is 5.73 Å². The highest BCUT2D eigenvalue weighted by Gasteiger charge is 2.40. The van der Waals surface area contributed by atoms with Gasteiger partial charge in [0.25, 0.3) is 5.91 Å². The molecule has 1 fully saturated rings. The summed E-state index contributed by atoms with van der Waals surface area (Å²) in [6, 6.07) is 5.42. The van der Waals surface area contributed by atoms with E-state index in [1.165, 1.54) is 23.5 Å². The first kappa shape index (κ1) is 18.8. The van der Waals surface area contributed by atoms with E-state index in [1.54, 1.807) is 11.4 Å². The van der Waals surface area contributed by atoms with Crippen LogP contribution in [0, 0.1) is 0 Å². The van der Waals surface area contributed by atoms with Gasteiger partial charge < -0.3 is 11.1 Å². The molecule has 2 aromatic rings. The highest BCUT2D eigenvalue weighted by molar-refractivity contribution is 7.09. The molecule has 0 aliphatic heterocycles. The Bertz CT molecular complexity index is 784. The number of nitrogens with zero attached hydrogens (tertiary/aromatic N) is 1. The van der Waals surface area contributed by atoms with E-state index in [9.17, 15) is 18.0 Å². The molecule has 0 radical (unpaired) electrons. The zero-order chi connectivity index (χ0) is 18.8. The van der Waals surface area contributed by atoms with Gasteiger partial charge in [-0.3, -0.25) is 4.79 Å². The number of thiazole rings is 1. The van der Waals surface area contributed by atoms with Crippen molar-refractivity contribution in [3.8, 4) is 0 Å². The van der Waals surface area contributed by atoms with Crippen molar-refractivity contribution in [1.82, 2.24) is 10.3 Å². The molecule has 26 heavy (non-hydrogen) atoms. The van der Waals surface area contributed by atoms with Crippen LogP contribution in [-0.4, -0.2) is 24.0 Å². The van der Waals surface area contributed by atoms with Gasteiger partial charge in [-0.25, -0.2) is 4.98 Å². The fourth-order valence-corrected chi connectivity index (χ4v) is 3.98. The number of halogens is 3. The van der Waals surface area contributed by atoms with E-state index in [0.717, 1.165) is 30.3 Å². The summed E-state index contributed by atoms with van der Waals surface area (Å²) >= 11 is 1.38. The Kier molecular flexibility index (Phi) is 5.34. The minimum Gasteiger partial charge on any atom is -0.350 e. The molecule has 1 aromatic carbocycles. The van der Waals surface area contributed by atoms with Gasteiger partial charge in [0.15, 0.2) is 0 Å². The Labute approximate surface area is 153 Å². The molecule has 0 spiro atoms. The largest absolute Gasteiger partial charge is 0.416 e. The molecule has 0 saturated heterocycles. The number of nitrogens with one attached hydrogen (secondary N) is 1. The number of alkyl halides is 3. The number of carbonyl (C=O) groups excluding carboxylic acids is 1. The Balaban J connectivity index is 1.71. The molecule has 1 aliphatic rings. The predicted molar refractivity (Wildman–Crippen MR) is 94.2 cm³/mol. The van der Waals surface area contributed by atoms with Gasteiger partial charge in [0, 0.05) is 23.8 Å². The molecule has 3 N–H and O–H groups in total. The lowest BCUT2D eigenvalue weighted by Crippen LogP contribution is -2.45. The van der Waals surface area contributed by atoms with Gasteiger partial charge in [-0.05, 0) is 31.0 Å². The highest BCUT2D eigenvalue weighted by Crippen LogP contribution is 2.44. The molecule has 3 rings (SSSR count). The standard InChI is InChI=1S/C18H20F3N3OS/c19-18(20,21)13-4-1-3-12(9-13)17(6-2-7-17)11-23-16(25)14-10-26-15(24-14)5-8-22/h1,3-4,9-10H,2,5-8,11,22H2,(H,23,25). The van der Waals surface area contributed by atoms with Crippen molar-refractivity contribution in [1.29, 1.82) is 0 Å². The maximum atomic E-state index is 13.0. The molecule has 0 unspecified atom stereocenters. The van der Waals surface area contributed by atoms with Crippen LogP contribution in [0.4, 0.5) is 13.2 Å². The molecule has 1 aromatic heterocycles. The zero-order valence-electron chi connectivity index (χ0n) is 14.1. The predicted octanol–water partition coefficient (Wildman–Crippen LogP) is 3.51. The smallest absolute Gasteiger partial charge is 0.350 e. The molecule has 8 heteroatoms. The van der Waals surface area contributed by atoms with Crippen molar-refractivity contribution in [2.45, 2.75) is 37.3 Å². The number of aromatic nitrogens is 1. The average molecular weight is 383 g/mol. The van der Waals surface area contributed by atoms with Crippen LogP contribution >= 0.6 is 11.3 Å². The van der Waals surface area contributed by atoms with Gasteiger partial charge in [-0.1, -0.05) is 24.6 Å². The maximum absolute atomic E-state index is 13.0. The molecule has 4 nitrogen and oxygen atoms in total. The maximum Gasteiger partial charge on any atom is 0.416 e. The lowest BCUT2D eigenvalue weighted by Gasteiger charge is -2.42. The van der Waals surface area contributed by atoms with Gasteiger partial charge in [0.05, 0.1) is 10.6 Å². The number of nitrogens with two attached hydrogens (primary N) is 1. The van der Waals surface area contributed by atoms with Crippen LogP contribution in [0.1, 0.15) is 45.9 Å². The third-order valence-corrected chi connectivity index (χ3v) is 5.75.